The van der Waals surface area contributed by atoms with Gasteiger partial charge in [0.1, 0.15) is 0 Å². The first-order chi connectivity index (χ1) is 8.49. The van der Waals surface area contributed by atoms with E-state index in [1.165, 1.54) is 0 Å². The van der Waals surface area contributed by atoms with Crippen molar-refractivity contribution in [1.29, 1.82) is 0 Å². The lowest BCUT2D eigenvalue weighted by atomic mass is 10.1. The fourth-order valence-electron chi connectivity index (χ4n) is 2.34. The summed E-state index contributed by atoms with van der Waals surface area (Å²) < 4.78 is 26.8. The Labute approximate surface area is 109 Å². The highest BCUT2D eigenvalue weighted by Crippen LogP contribution is 2.23. The van der Waals surface area contributed by atoms with E-state index in [4.69, 9.17) is 5.73 Å². The van der Waals surface area contributed by atoms with Gasteiger partial charge in [0.15, 0.2) is 0 Å². The molecule has 5 heteroatoms. The second kappa shape index (κ2) is 5.38. The van der Waals surface area contributed by atoms with E-state index in [-0.39, 0.29) is 12.0 Å². The highest BCUT2D eigenvalue weighted by Gasteiger charge is 2.25. The maximum atomic E-state index is 12.1. The van der Waals surface area contributed by atoms with Gasteiger partial charge in [0.05, 0.1) is 4.90 Å². The molecular formula is C13H20N2O2S. The first-order valence-electron chi connectivity index (χ1n) is 6.31. The van der Waals surface area contributed by atoms with Gasteiger partial charge in [-0.3, -0.25) is 0 Å². The molecule has 0 radical (unpaired) electrons. The van der Waals surface area contributed by atoms with Crippen molar-refractivity contribution in [3.05, 3.63) is 29.8 Å². The summed E-state index contributed by atoms with van der Waals surface area (Å²) in [6.07, 6.45) is 3.10. The fourth-order valence-corrected chi connectivity index (χ4v) is 3.43. The summed E-state index contributed by atoms with van der Waals surface area (Å²) in [6, 6.07) is 7.00. The summed E-state index contributed by atoms with van der Waals surface area (Å²) in [4.78, 5) is 0.319. The molecule has 2 unspecified atom stereocenters. The molecule has 4 nitrogen and oxygen atoms in total. The van der Waals surface area contributed by atoms with Crippen LogP contribution in [-0.2, 0) is 10.0 Å². The van der Waals surface area contributed by atoms with E-state index in [9.17, 15) is 8.42 Å². The molecule has 0 spiro atoms. The normalized spacial score (nSPS) is 24.3. The summed E-state index contributed by atoms with van der Waals surface area (Å²) in [6.45, 7) is 2.37. The van der Waals surface area contributed by atoms with Crippen LogP contribution in [0.3, 0.4) is 0 Å². The topological polar surface area (TPSA) is 72.2 Å². The fraction of sp³-hybridized carbons (Fsp3) is 0.538. The Morgan fingerprint density at radius 3 is 2.50 bits per heavy atom. The molecule has 1 aliphatic rings. The number of benzene rings is 1. The minimum Gasteiger partial charge on any atom is -0.327 e. The summed E-state index contributed by atoms with van der Waals surface area (Å²) in [5.74, 6) is 0.269. The van der Waals surface area contributed by atoms with E-state index in [2.05, 4.69) is 4.72 Å². The van der Waals surface area contributed by atoms with Crippen molar-refractivity contribution >= 4 is 10.0 Å². The molecule has 2 rings (SSSR count). The zero-order valence-corrected chi connectivity index (χ0v) is 11.4. The van der Waals surface area contributed by atoms with Crippen LogP contribution in [0.5, 0.6) is 0 Å². The van der Waals surface area contributed by atoms with Crippen molar-refractivity contribution in [2.75, 3.05) is 6.54 Å². The predicted octanol–water partition coefficient (Wildman–Crippen LogP) is 1.40. The van der Waals surface area contributed by atoms with E-state index in [0.29, 0.717) is 11.4 Å². The minimum absolute atomic E-state index is 0.130. The summed E-state index contributed by atoms with van der Waals surface area (Å²) in [5.41, 5.74) is 6.98. The minimum atomic E-state index is -3.39. The molecule has 1 aromatic carbocycles. The quantitative estimate of drug-likeness (QED) is 0.867. The van der Waals surface area contributed by atoms with Gasteiger partial charge in [-0.1, -0.05) is 24.1 Å². The van der Waals surface area contributed by atoms with Crippen LogP contribution in [-0.4, -0.2) is 21.0 Å². The van der Waals surface area contributed by atoms with Gasteiger partial charge in [-0.25, -0.2) is 13.1 Å². The highest BCUT2D eigenvalue weighted by molar-refractivity contribution is 7.89. The molecule has 100 valence electrons. The maximum Gasteiger partial charge on any atom is 0.240 e. The van der Waals surface area contributed by atoms with Crippen LogP contribution < -0.4 is 10.5 Å². The molecule has 0 aliphatic heterocycles. The first-order valence-corrected chi connectivity index (χ1v) is 7.79. The van der Waals surface area contributed by atoms with Crippen molar-refractivity contribution in [2.24, 2.45) is 11.7 Å². The Morgan fingerprint density at radius 2 is 1.94 bits per heavy atom. The molecule has 1 fully saturated rings. The smallest absolute Gasteiger partial charge is 0.240 e. The largest absolute Gasteiger partial charge is 0.327 e. The van der Waals surface area contributed by atoms with E-state index in [1.807, 2.05) is 6.92 Å². The second-order valence-corrected chi connectivity index (χ2v) is 6.79. The SMILES string of the molecule is Cc1ccc(S(=O)(=O)NCC2CCCC2N)cc1. The number of rotatable bonds is 4. The van der Waals surface area contributed by atoms with E-state index < -0.39 is 10.0 Å². The van der Waals surface area contributed by atoms with E-state index >= 15 is 0 Å². The Morgan fingerprint density at radius 1 is 1.28 bits per heavy atom. The average Bonchev–Trinajstić information content (AvgIpc) is 2.73. The molecule has 3 N–H and O–H groups in total. The molecule has 1 aliphatic carbocycles. The van der Waals surface area contributed by atoms with Crippen LogP contribution in [0.2, 0.25) is 0 Å². The number of nitrogens with one attached hydrogen (secondary N) is 1. The number of aryl methyl sites for hydroxylation is 1. The average molecular weight is 268 g/mol. The van der Waals surface area contributed by atoms with Gasteiger partial charge in [0.2, 0.25) is 10.0 Å². The molecule has 0 saturated heterocycles. The van der Waals surface area contributed by atoms with Gasteiger partial charge >= 0.3 is 0 Å². The molecule has 0 aromatic heterocycles. The van der Waals surface area contributed by atoms with E-state index in [1.54, 1.807) is 24.3 Å². The van der Waals surface area contributed by atoms with E-state index in [0.717, 1.165) is 24.8 Å². The van der Waals surface area contributed by atoms with Gasteiger partial charge in [0.25, 0.3) is 0 Å². The molecule has 1 aromatic rings. The zero-order valence-electron chi connectivity index (χ0n) is 10.6. The summed E-state index contributed by atoms with van der Waals surface area (Å²) in [5, 5.41) is 0. The first kappa shape index (κ1) is 13.5. The Balaban J connectivity index is 2.01. The van der Waals surface area contributed by atoms with Crippen LogP contribution in [0, 0.1) is 12.8 Å². The second-order valence-electron chi connectivity index (χ2n) is 5.02. The van der Waals surface area contributed by atoms with Crippen LogP contribution in [0.15, 0.2) is 29.2 Å². The van der Waals surface area contributed by atoms with Crippen LogP contribution in [0.1, 0.15) is 24.8 Å². The summed E-state index contributed by atoms with van der Waals surface area (Å²) >= 11 is 0. The molecule has 1 saturated carbocycles. The zero-order chi connectivity index (χ0) is 13.2. The van der Waals surface area contributed by atoms with Gasteiger partial charge in [-0.05, 0) is 37.8 Å². The standard InChI is InChI=1S/C13H20N2O2S/c1-10-5-7-12(8-6-10)18(16,17)15-9-11-3-2-4-13(11)14/h5-8,11,13,15H,2-4,9,14H2,1H3. The molecular weight excluding hydrogens is 248 g/mol. The Kier molecular flexibility index (Phi) is 4.04. The highest BCUT2D eigenvalue weighted by atomic mass is 32.2. The third-order valence-corrected chi connectivity index (χ3v) is 5.02. The third kappa shape index (κ3) is 3.10. The number of hydrogen-bond donors (Lipinski definition) is 2. The van der Waals surface area contributed by atoms with Gasteiger partial charge in [-0.2, -0.15) is 0 Å². The lowest BCUT2D eigenvalue weighted by Crippen LogP contribution is -2.35. The molecule has 0 amide bonds. The predicted molar refractivity (Wildman–Crippen MR) is 71.7 cm³/mol. The van der Waals surface area contributed by atoms with Crippen LogP contribution in [0.25, 0.3) is 0 Å². The van der Waals surface area contributed by atoms with Crippen molar-refractivity contribution in [3.8, 4) is 0 Å². The third-order valence-electron chi connectivity index (χ3n) is 3.58. The van der Waals surface area contributed by atoms with Crippen molar-refractivity contribution in [3.63, 3.8) is 0 Å². The monoisotopic (exact) mass is 268 g/mol. The maximum absolute atomic E-state index is 12.1. The Hall–Kier alpha value is -0.910. The van der Waals surface area contributed by atoms with Crippen LogP contribution >= 0.6 is 0 Å². The Bertz CT molecular complexity index is 496. The van der Waals surface area contributed by atoms with Gasteiger partial charge < -0.3 is 5.73 Å². The number of sulfonamides is 1. The van der Waals surface area contributed by atoms with Gasteiger partial charge in [-0.15, -0.1) is 0 Å². The molecule has 2 atom stereocenters. The lowest BCUT2D eigenvalue weighted by molar-refractivity contribution is 0.469. The lowest BCUT2D eigenvalue weighted by Gasteiger charge is -2.16. The number of nitrogens with two attached hydrogens (primary N) is 1. The van der Waals surface area contributed by atoms with Crippen LogP contribution in [0.4, 0.5) is 0 Å². The molecule has 18 heavy (non-hydrogen) atoms. The van der Waals surface area contributed by atoms with Crippen molar-refractivity contribution < 1.29 is 8.42 Å². The molecule has 0 bridgehead atoms. The molecule has 0 heterocycles. The summed E-state index contributed by atoms with van der Waals surface area (Å²) in [7, 11) is -3.39. The van der Waals surface area contributed by atoms with Crippen molar-refractivity contribution in [2.45, 2.75) is 37.1 Å². The van der Waals surface area contributed by atoms with Crippen molar-refractivity contribution in [1.82, 2.24) is 4.72 Å². The number of hydrogen-bond acceptors (Lipinski definition) is 3. The van der Waals surface area contributed by atoms with Gasteiger partial charge in [0, 0.05) is 12.6 Å².